The maximum Gasteiger partial charge on any atom is 0.268 e. The van der Waals surface area contributed by atoms with Crippen molar-refractivity contribution in [1.29, 1.82) is 0 Å². The van der Waals surface area contributed by atoms with Crippen LogP contribution in [0.4, 0.5) is 21.6 Å². The van der Waals surface area contributed by atoms with Crippen molar-refractivity contribution in [1.82, 2.24) is 9.38 Å². The minimum absolute atomic E-state index is 0.134. The standard InChI is InChI=1S/C22H16ClFN4O/c1-14-6-5-11-28-21(14)27-20(26-16-8-4-7-15(23)12-16)17(22(28)29)13-25-19-10-3-2-9-18(19)24/h2-13,26H,1H3. The van der Waals surface area contributed by atoms with Gasteiger partial charge in [-0.2, -0.15) is 0 Å². The average molecular weight is 407 g/mol. The van der Waals surface area contributed by atoms with Crippen LogP contribution in [0.15, 0.2) is 76.6 Å². The highest BCUT2D eigenvalue weighted by atomic mass is 35.5. The lowest BCUT2D eigenvalue weighted by Gasteiger charge is -2.12. The van der Waals surface area contributed by atoms with Gasteiger partial charge in [0.05, 0.1) is 5.69 Å². The quantitative estimate of drug-likeness (QED) is 0.468. The van der Waals surface area contributed by atoms with Crippen LogP contribution in [0.5, 0.6) is 0 Å². The number of aromatic nitrogens is 2. The molecule has 7 heteroatoms. The molecule has 0 aliphatic carbocycles. The third-order valence-corrected chi connectivity index (χ3v) is 4.59. The molecule has 0 aliphatic heterocycles. The van der Waals surface area contributed by atoms with Crippen molar-refractivity contribution >= 4 is 40.7 Å². The molecule has 0 spiro atoms. The van der Waals surface area contributed by atoms with E-state index < -0.39 is 5.82 Å². The van der Waals surface area contributed by atoms with Gasteiger partial charge in [-0.1, -0.05) is 35.9 Å². The fraction of sp³-hybridized carbons (Fsp3) is 0.0455. The Bertz CT molecular complexity index is 1300. The topological polar surface area (TPSA) is 58.8 Å². The fourth-order valence-corrected chi connectivity index (χ4v) is 3.11. The van der Waals surface area contributed by atoms with Gasteiger partial charge < -0.3 is 5.32 Å². The number of fused-ring (bicyclic) bond motifs is 1. The van der Waals surface area contributed by atoms with Crippen LogP contribution in [-0.2, 0) is 0 Å². The molecule has 0 saturated carbocycles. The maximum absolute atomic E-state index is 13.9. The number of para-hydroxylation sites is 1. The number of aryl methyl sites for hydroxylation is 1. The van der Waals surface area contributed by atoms with Crippen molar-refractivity contribution in [3.8, 4) is 0 Å². The molecule has 4 rings (SSSR count). The summed E-state index contributed by atoms with van der Waals surface area (Å²) >= 11 is 6.07. The van der Waals surface area contributed by atoms with Crippen molar-refractivity contribution in [2.45, 2.75) is 6.92 Å². The summed E-state index contributed by atoms with van der Waals surface area (Å²) in [6, 6.07) is 16.8. The number of halogens is 2. The number of hydrogen-bond donors (Lipinski definition) is 1. The summed E-state index contributed by atoms with van der Waals surface area (Å²) in [4.78, 5) is 21.9. The third kappa shape index (κ3) is 3.88. The normalized spacial score (nSPS) is 11.3. The molecule has 2 aromatic heterocycles. The second-order valence-corrected chi connectivity index (χ2v) is 6.85. The lowest BCUT2D eigenvalue weighted by molar-refractivity contribution is 0.630. The Kier molecular flexibility index (Phi) is 5.10. The molecule has 144 valence electrons. The minimum atomic E-state index is -0.474. The first kappa shape index (κ1) is 18.8. The predicted octanol–water partition coefficient (Wildman–Crippen LogP) is 5.29. The Balaban J connectivity index is 1.89. The second-order valence-electron chi connectivity index (χ2n) is 6.41. The largest absolute Gasteiger partial charge is 0.339 e. The highest BCUT2D eigenvalue weighted by Gasteiger charge is 2.13. The molecule has 0 amide bonds. The maximum atomic E-state index is 13.9. The van der Waals surface area contributed by atoms with Gasteiger partial charge in [-0.3, -0.25) is 14.2 Å². The summed E-state index contributed by atoms with van der Waals surface area (Å²) in [6.45, 7) is 1.87. The first-order valence-corrected chi connectivity index (χ1v) is 9.24. The molecule has 2 aromatic carbocycles. The number of rotatable bonds is 4. The van der Waals surface area contributed by atoms with Crippen LogP contribution in [0.1, 0.15) is 11.1 Å². The number of nitrogens with zero attached hydrogens (tertiary/aromatic N) is 3. The monoisotopic (exact) mass is 406 g/mol. The van der Waals surface area contributed by atoms with Gasteiger partial charge >= 0.3 is 0 Å². The summed E-state index contributed by atoms with van der Waals surface area (Å²) in [6.07, 6.45) is 2.97. The van der Waals surface area contributed by atoms with Gasteiger partial charge in [0.1, 0.15) is 22.8 Å². The lowest BCUT2D eigenvalue weighted by atomic mass is 10.2. The van der Waals surface area contributed by atoms with Crippen LogP contribution in [0.3, 0.4) is 0 Å². The smallest absolute Gasteiger partial charge is 0.268 e. The first-order valence-electron chi connectivity index (χ1n) is 8.86. The summed E-state index contributed by atoms with van der Waals surface area (Å²) in [5.74, 6) is -0.163. The zero-order valence-corrected chi connectivity index (χ0v) is 16.2. The van der Waals surface area contributed by atoms with Gasteiger partial charge in [0.15, 0.2) is 0 Å². The van der Waals surface area contributed by atoms with E-state index in [-0.39, 0.29) is 16.8 Å². The zero-order valence-electron chi connectivity index (χ0n) is 15.4. The Morgan fingerprint density at radius 2 is 1.97 bits per heavy atom. The molecule has 4 aromatic rings. The first-order chi connectivity index (χ1) is 14.0. The molecule has 1 N–H and O–H groups in total. The molecule has 5 nitrogen and oxygen atoms in total. The van der Waals surface area contributed by atoms with Crippen LogP contribution in [-0.4, -0.2) is 15.6 Å². The molecule has 2 heterocycles. The fourth-order valence-electron chi connectivity index (χ4n) is 2.92. The summed E-state index contributed by atoms with van der Waals surface area (Å²) in [5.41, 5.74) is 2.05. The molecule has 0 fully saturated rings. The number of anilines is 2. The lowest BCUT2D eigenvalue weighted by Crippen LogP contribution is -2.22. The zero-order chi connectivity index (χ0) is 20.4. The third-order valence-electron chi connectivity index (χ3n) is 4.36. The van der Waals surface area contributed by atoms with E-state index in [1.165, 1.54) is 22.7 Å². The molecular weight excluding hydrogens is 391 g/mol. The van der Waals surface area contributed by atoms with E-state index in [4.69, 9.17) is 11.6 Å². The van der Waals surface area contributed by atoms with Crippen LogP contribution >= 0.6 is 11.6 Å². The van der Waals surface area contributed by atoms with Crippen LogP contribution in [0.2, 0.25) is 5.02 Å². The molecular formula is C22H16ClFN4O. The number of aliphatic imine (C=N–C) groups is 1. The van der Waals surface area contributed by atoms with Gasteiger partial charge in [-0.15, -0.1) is 0 Å². The van der Waals surface area contributed by atoms with Gasteiger partial charge in [0, 0.05) is 23.1 Å². The van der Waals surface area contributed by atoms with E-state index >= 15 is 0 Å². The number of nitrogens with one attached hydrogen (secondary N) is 1. The molecule has 0 unspecified atom stereocenters. The summed E-state index contributed by atoms with van der Waals surface area (Å²) in [5, 5.41) is 3.68. The predicted molar refractivity (Wildman–Crippen MR) is 115 cm³/mol. The number of benzene rings is 2. The van der Waals surface area contributed by atoms with E-state index in [1.807, 2.05) is 19.1 Å². The van der Waals surface area contributed by atoms with E-state index in [1.54, 1.807) is 42.6 Å². The van der Waals surface area contributed by atoms with Crippen molar-refractivity contribution < 1.29 is 4.39 Å². The molecule has 0 radical (unpaired) electrons. The van der Waals surface area contributed by atoms with Gasteiger partial charge in [-0.05, 0) is 48.9 Å². The summed E-state index contributed by atoms with van der Waals surface area (Å²) < 4.78 is 15.4. The highest BCUT2D eigenvalue weighted by molar-refractivity contribution is 6.30. The second kappa shape index (κ2) is 7.85. The molecule has 0 atom stereocenters. The van der Waals surface area contributed by atoms with Crippen molar-refractivity contribution in [2.24, 2.45) is 4.99 Å². The van der Waals surface area contributed by atoms with Crippen LogP contribution in [0.25, 0.3) is 5.65 Å². The average Bonchev–Trinajstić information content (AvgIpc) is 2.70. The van der Waals surface area contributed by atoms with E-state index in [2.05, 4.69) is 15.3 Å². The highest BCUT2D eigenvalue weighted by Crippen LogP contribution is 2.22. The Hall–Kier alpha value is -3.51. The van der Waals surface area contributed by atoms with Gasteiger partial charge in [-0.25, -0.2) is 9.37 Å². The minimum Gasteiger partial charge on any atom is -0.339 e. The van der Waals surface area contributed by atoms with E-state index in [0.717, 1.165) is 5.56 Å². The van der Waals surface area contributed by atoms with Crippen molar-refractivity contribution in [2.75, 3.05) is 5.32 Å². The molecule has 29 heavy (non-hydrogen) atoms. The summed E-state index contributed by atoms with van der Waals surface area (Å²) in [7, 11) is 0. The molecule has 0 aliphatic rings. The van der Waals surface area contributed by atoms with Crippen LogP contribution in [0, 0.1) is 12.7 Å². The van der Waals surface area contributed by atoms with E-state index in [9.17, 15) is 9.18 Å². The number of hydrogen-bond acceptors (Lipinski definition) is 4. The number of pyridine rings is 1. The van der Waals surface area contributed by atoms with E-state index in [0.29, 0.717) is 22.2 Å². The van der Waals surface area contributed by atoms with Gasteiger partial charge in [0.25, 0.3) is 5.56 Å². The molecule has 0 saturated heterocycles. The Morgan fingerprint density at radius 3 is 2.76 bits per heavy atom. The molecule has 0 bridgehead atoms. The van der Waals surface area contributed by atoms with Crippen molar-refractivity contribution in [3.63, 3.8) is 0 Å². The van der Waals surface area contributed by atoms with Crippen molar-refractivity contribution in [3.05, 3.63) is 99.2 Å². The SMILES string of the molecule is Cc1cccn2c(=O)c(C=Nc3ccccc3F)c(Nc3cccc(Cl)c3)nc12. The van der Waals surface area contributed by atoms with Gasteiger partial charge in [0.2, 0.25) is 0 Å². The Labute approximate surface area is 171 Å². The van der Waals surface area contributed by atoms with Crippen LogP contribution < -0.4 is 10.9 Å². The Morgan fingerprint density at radius 1 is 1.14 bits per heavy atom.